The highest BCUT2D eigenvalue weighted by Crippen LogP contribution is 2.24. The summed E-state index contributed by atoms with van der Waals surface area (Å²) in [5, 5.41) is 0. The number of carbonyl (C=O) groups is 3. The van der Waals surface area contributed by atoms with Crippen molar-refractivity contribution in [1.29, 1.82) is 0 Å². The molecular formula is C54H104N2O6. The van der Waals surface area contributed by atoms with Crippen LogP contribution >= 0.6 is 0 Å². The van der Waals surface area contributed by atoms with Crippen LogP contribution in [0.1, 0.15) is 252 Å². The molecule has 0 aromatic heterocycles. The van der Waals surface area contributed by atoms with E-state index in [1.54, 1.807) is 0 Å². The van der Waals surface area contributed by atoms with Gasteiger partial charge in [-0.2, -0.15) is 0 Å². The molecule has 0 atom stereocenters. The van der Waals surface area contributed by atoms with Crippen molar-refractivity contribution < 1.29 is 28.6 Å². The van der Waals surface area contributed by atoms with Gasteiger partial charge in [-0.25, -0.2) is 0 Å². The van der Waals surface area contributed by atoms with E-state index in [1.165, 1.54) is 116 Å². The second-order valence-corrected chi connectivity index (χ2v) is 19.5. The van der Waals surface area contributed by atoms with Crippen molar-refractivity contribution in [3.63, 3.8) is 0 Å². The van der Waals surface area contributed by atoms with E-state index >= 15 is 0 Å². The van der Waals surface area contributed by atoms with Gasteiger partial charge in [-0.05, 0) is 76.7 Å². The molecule has 0 amide bonds. The molecule has 1 saturated heterocycles. The summed E-state index contributed by atoms with van der Waals surface area (Å²) in [7, 11) is 2.18. The molecular weight excluding hydrogens is 773 g/mol. The molecule has 1 aliphatic heterocycles. The van der Waals surface area contributed by atoms with Crippen LogP contribution in [0.5, 0.6) is 0 Å². The van der Waals surface area contributed by atoms with Gasteiger partial charge in [0.05, 0.1) is 25.7 Å². The maximum absolute atomic E-state index is 13.3. The lowest BCUT2D eigenvalue weighted by molar-refractivity contribution is -0.149. The highest BCUT2D eigenvalue weighted by Gasteiger charge is 2.21. The molecule has 1 fully saturated rings. The van der Waals surface area contributed by atoms with Crippen molar-refractivity contribution in [2.75, 3.05) is 59.6 Å². The summed E-state index contributed by atoms with van der Waals surface area (Å²) in [4.78, 5) is 43.3. The lowest BCUT2D eigenvalue weighted by Gasteiger charge is -2.32. The molecule has 0 unspecified atom stereocenters. The van der Waals surface area contributed by atoms with Crippen molar-refractivity contribution in [2.24, 2.45) is 17.8 Å². The highest BCUT2D eigenvalue weighted by molar-refractivity contribution is 5.72. The monoisotopic (exact) mass is 877 g/mol. The van der Waals surface area contributed by atoms with Gasteiger partial charge in [0.25, 0.3) is 0 Å². The summed E-state index contributed by atoms with van der Waals surface area (Å²) in [5.74, 6) is 1.03. The third-order valence-corrected chi connectivity index (χ3v) is 13.5. The van der Waals surface area contributed by atoms with Gasteiger partial charge in [0.1, 0.15) is 0 Å². The van der Waals surface area contributed by atoms with Crippen LogP contribution in [-0.2, 0) is 28.6 Å². The van der Waals surface area contributed by atoms with E-state index in [0.717, 1.165) is 129 Å². The summed E-state index contributed by atoms with van der Waals surface area (Å²) in [6.07, 6.45) is 39.2. The topological polar surface area (TPSA) is 85.4 Å². The number of carbonyl (C=O) groups excluding carboxylic acids is 3. The maximum atomic E-state index is 13.3. The van der Waals surface area contributed by atoms with Crippen LogP contribution in [0.2, 0.25) is 0 Å². The molecule has 62 heavy (non-hydrogen) atoms. The average molecular weight is 877 g/mol. The molecule has 0 aromatic carbocycles. The van der Waals surface area contributed by atoms with Gasteiger partial charge in [-0.15, -0.1) is 0 Å². The second-order valence-electron chi connectivity index (χ2n) is 19.5. The zero-order valence-electron chi connectivity index (χ0n) is 42.0. The number of hydrogen-bond donors (Lipinski definition) is 0. The molecule has 366 valence electrons. The van der Waals surface area contributed by atoms with E-state index in [9.17, 15) is 14.4 Å². The Morgan fingerprint density at radius 1 is 0.403 bits per heavy atom. The van der Waals surface area contributed by atoms with E-state index in [1.807, 2.05) is 0 Å². The standard InChI is InChI=1S/C54H104N2O6/c1-6-10-24-33-49(34-25-11-7-2)47-52(57)60-44-30-22-18-14-16-20-28-37-51(54(59)62-46-32-39-56-42-40-55(5)41-43-56)38-29-21-17-15-19-23-31-45-61-53(58)48-50(35-26-12-8-3)36-27-13-9-4/h49-51H,6-48H2,1-5H3. The average Bonchev–Trinajstić information content (AvgIpc) is 3.26. The summed E-state index contributed by atoms with van der Waals surface area (Å²) in [6.45, 7) is 16.1. The molecule has 0 saturated carbocycles. The number of hydrogen-bond acceptors (Lipinski definition) is 8. The molecule has 8 heteroatoms. The minimum Gasteiger partial charge on any atom is -0.466 e. The van der Waals surface area contributed by atoms with Crippen molar-refractivity contribution >= 4 is 17.9 Å². The third kappa shape index (κ3) is 35.7. The van der Waals surface area contributed by atoms with E-state index in [4.69, 9.17) is 14.2 Å². The van der Waals surface area contributed by atoms with Crippen LogP contribution in [0, 0.1) is 17.8 Å². The Morgan fingerprint density at radius 3 is 1.13 bits per heavy atom. The Kier molecular flexibility index (Phi) is 40.7. The van der Waals surface area contributed by atoms with Gasteiger partial charge in [-0.1, -0.05) is 182 Å². The number of nitrogens with zero attached hydrogens (tertiary/aromatic N) is 2. The summed E-state index contributed by atoms with van der Waals surface area (Å²) in [6, 6.07) is 0. The molecule has 1 heterocycles. The molecule has 0 aromatic rings. The molecule has 0 radical (unpaired) electrons. The first-order valence-corrected chi connectivity index (χ1v) is 27.2. The van der Waals surface area contributed by atoms with Gasteiger partial charge in [0.15, 0.2) is 0 Å². The molecule has 0 aliphatic carbocycles. The Balaban J connectivity index is 2.30. The van der Waals surface area contributed by atoms with Crippen LogP contribution < -0.4 is 0 Å². The van der Waals surface area contributed by atoms with Gasteiger partial charge < -0.3 is 24.0 Å². The van der Waals surface area contributed by atoms with Gasteiger partial charge in [0, 0.05) is 45.6 Å². The van der Waals surface area contributed by atoms with Gasteiger partial charge in [0.2, 0.25) is 0 Å². The first-order valence-electron chi connectivity index (χ1n) is 27.2. The summed E-state index contributed by atoms with van der Waals surface area (Å²) in [5.41, 5.74) is 0. The fourth-order valence-electron chi connectivity index (χ4n) is 9.17. The molecule has 0 N–H and O–H groups in total. The predicted molar refractivity (Wildman–Crippen MR) is 262 cm³/mol. The Bertz CT molecular complexity index is 939. The van der Waals surface area contributed by atoms with E-state index in [0.29, 0.717) is 44.5 Å². The van der Waals surface area contributed by atoms with Gasteiger partial charge >= 0.3 is 17.9 Å². The highest BCUT2D eigenvalue weighted by atomic mass is 16.5. The number of ether oxygens (including phenoxy) is 3. The molecule has 1 rings (SSSR count). The SMILES string of the molecule is CCCCCC(CCCCC)CC(=O)OCCCCCCCCCC(CCCCCCCCCOC(=O)CC(CCCCC)CCCCC)C(=O)OCCCN1CCN(C)CC1. The lowest BCUT2D eigenvalue weighted by Crippen LogP contribution is -2.44. The largest absolute Gasteiger partial charge is 0.466 e. The van der Waals surface area contributed by atoms with Crippen molar-refractivity contribution in [2.45, 2.75) is 252 Å². The fraction of sp³-hybridized carbons (Fsp3) is 0.944. The van der Waals surface area contributed by atoms with Crippen LogP contribution in [0.3, 0.4) is 0 Å². The zero-order valence-corrected chi connectivity index (χ0v) is 42.0. The smallest absolute Gasteiger partial charge is 0.308 e. The number of esters is 3. The molecule has 0 spiro atoms. The van der Waals surface area contributed by atoms with E-state index in [2.05, 4.69) is 44.5 Å². The van der Waals surface area contributed by atoms with Crippen LogP contribution in [0.15, 0.2) is 0 Å². The van der Waals surface area contributed by atoms with Crippen molar-refractivity contribution in [3.05, 3.63) is 0 Å². The molecule has 8 nitrogen and oxygen atoms in total. The predicted octanol–water partition coefficient (Wildman–Crippen LogP) is 14.4. The Hall–Kier alpha value is -1.67. The maximum Gasteiger partial charge on any atom is 0.308 e. The number of likely N-dealkylation sites (N-methyl/N-ethyl adjacent to an activating group) is 1. The van der Waals surface area contributed by atoms with Crippen LogP contribution in [0.4, 0.5) is 0 Å². The minimum atomic E-state index is 0.00624. The zero-order chi connectivity index (χ0) is 45.1. The van der Waals surface area contributed by atoms with E-state index < -0.39 is 0 Å². The van der Waals surface area contributed by atoms with Crippen molar-refractivity contribution in [1.82, 2.24) is 9.80 Å². The van der Waals surface area contributed by atoms with Crippen LogP contribution in [0.25, 0.3) is 0 Å². The Morgan fingerprint density at radius 2 is 0.742 bits per heavy atom. The fourth-order valence-corrected chi connectivity index (χ4v) is 9.17. The van der Waals surface area contributed by atoms with Crippen molar-refractivity contribution in [3.8, 4) is 0 Å². The second kappa shape index (κ2) is 43.2. The number of rotatable bonds is 45. The summed E-state index contributed by atoms with van der Waals surface area (Å²) < 4.78 is 17.2. The molecule has 1 aliphatic rings. The quantitative estimate of drug-likeness (QED) is 0.0340. The minimum absolute atomic E-state index is 0.00624. The number of piperazine rings is 1. The first-order chi connectivity index (χ1) is 30.3. The van der Waals surface area contributed by atoms with Crippen LogP contribution in [-0.4, -0.2) is 87.3 Å². The molecule has 0 bridgehead atoms. The number of unbranched alkanes of at least 4 members (excludes halogenated alkanes) is 20. The third-order valence-electron chi connectivity index (χ3n) is 13.5. The van der Waals surface area contributed by atoms with Gasteiger partial charge in [-0.3, -0.25) is 14.4 Å². The summed E-state index contributed by atoms with van der Waals surface area (Å²) >= 11 is 0. The van der Waals surface area contributed by atoms with E-state index in [-0.39, 0.29) is 23.8 Å². The Labute approximate surface area is 384 Å². The normalized spacial score (nSPS) is 13.7. The lowest BCUT2D eigenvalue weighted by atomic mass is 9.92. The first kappa shape index (κ1) is 58.3.